The number of carbonyl (C=O) groups is 2. The van der Waals surface area contributed by atoms with Gasteiger partial charge in [0.1, 0.15) is 6.61 Å². The average Bonchev–Trinajstić information content (AvgIpc) is 2.77. The summed E-state index contributed by atoms with van der Waals surface area (Å²) < 4.78 is 16.5. The summed E-state index contributed by atoms with van der Waals surface area (Å²) in [6, 6.07) is 0. The van der Waals surface area contributed by atoms with Crippen molar-refractivity contribution < 1.29 is 23.8 Å². The molecule has 2 aliphatic rings. The zero-order valence-electron chi connectivity index (χ0n) is 8.76. The molecule has 0 saturated carbocycles. The van der Waals surface area contributed by atoms with Gasteiger partial charge in [0.25, 0.3) is 0 Å². The van der Waals surface area contributed by atoms with Crippen LogP contribution in [0.5, 0.6) is 0 Å². The van der Waals surface area contributed by atoms with Crippen LogP contribution in [0, 0.1) is 0 Å². The van der Waals surface area contributed by atoms with E-state index in [1.807, 2.05) is 0 Å². The van der Waals surface area contributed by atoms with Crippen LogP contribution in [0.3, 0.4) is 0 Å². The van der Waals surface area contributed by atoms with Gasteiger partial charge >= 0.3 is 5.97 Å². The van der Waals surface area contributed by atoms with Gasteiger partial charge in [0.15, 0.2) is 0 Å². The van der Waals surface area contributed by atoms with E-state index in [1.165, 1.54) is 4.90 Å². The Morgan fingerprint density at radius 1 is 1.50 bits per heavy atom. The Kier molecular flexibility index (Phi) is 3.04. The van der Waals surface area contributed by atoms with Gasteiger partial charge in [-0.25, -0.2) is 0 Å². The molecule has 6 nitrogen and oxygen atoms in total. The first kappa shape index (κ1) is 11.6. The molecule has 2 fully saturated rings. The van der Waals surface area contributed by atoms with Gasteiger partial charge in [0.2, 0.25) is 5.91 Å². The maximum absolute atomic E-state index is 11.9. The van der Waals surface area contributed by atoms with Crippen molar-refractivity contribution in [2.45, 2.75) is 24.9 Å². The molecule has 2 unspecified atom stereocenters. The summed E-state index contributed by atoms with van der Waals surface area (Å²) in [6.07, 6.45) is 0.787. The van der Waals surface area contributed by atoms with Crippen molar-refractivity contribution in [2.75, 3.05) is 19.4 Å². The molecule has 90 valence electrons. The minimum Gasteiger partial charge on any atom is -0.798 e. The second-order valence-corrected chi connectivity index (χ2v) is 6.63. The quantitative estimate of drug-likeness (QED) is 0.496. The van der Waals surface area contributed by atoms with Crippen LogP contribution in [0.4, 0.5) is 0 Å². The smallest absolute Gasteiger partial charge is 0.306 e. The fourth-order valence-corrected chi connectivity index (χ4v) is 3.69. The van der Waals surface area contributed by atoms with Crippen LogP contribution in [0.1, 0.15) is 19.3 Å². The lowest BCUT2D eigenvalue weighted by molar-refractivity contribution is -0.180. The topological polar surface area (TPSA) is 86.7 Å². The number of rotatable bonds is 3. The zero-order chi connectivity index (χ0) is 11.8. The Hall–Kier alpha value is -0.870. The number of amides is 1. The van der Waals surface area contributed by atoms with E-state index in [-0.39, 0.29) is 25.2 Å². The van der Waals surface area contributed by atoms with Crippen LogP contribution in [-0.2, 0) is 18.9 Å². The van der Waals surface area contributed by atoms with Crippen molar-refractivity contribution in [3.8, 4) is 0 Å². The Balaban J connectivity index is 1.99. The number of nitrogens with zero attached hydrogens (tertiary/aromatic N) is 1. The highest BCUT2D eigenvalue weighted by molar-refractivity contribution is 7.57. The summed E-state index contributed by atoms with van der Waals surface area (Å²) in [7, 11) is -3.75. The van der Waals surface area contributed by atoms with Crippen LogP contribution in [-0.4, -0.2) is 41.9 Å². The summed E-state index contributed by atoms with van der Waals surface area (Å²) in [6.45, 7) is 0.425. The largest absolute Gasteiger partial charge is 0.798 e. The third-order valence-electron chi connectivity index (χ3n) is 2.93. The molecule has 0 bridgehead atoms. The summed E-state index contributed by atoms with van der Waals surface area (Å²) in [4.78, 5) is 35.4. The van der Waals surface area contributed by atoms with Crippen LogP contribution < -0.4 is 4.89 Å². The van der Waals surface area contributed by atoms with Crippen LogP contribution in [0.2, 0.25) is 0 Å². The molecule has 0 aromatic carbocycles. The van der Waals surface area contributed by atoms with E-state index in [2.05, 4.69) is 4.74 Å². The molecule has 2 atom stereocenters. The molecule has 0 radical (unpaired) electrons. The predicted octanol–water partition coefficient (Wildman–Crippen LogP) is -0.480. The number of hydrogen-bond donors (Lipinski definition) is 0. The SMILES string of the molecule is O=C1CC(P(=O)([O-])CN2CCCC2=O)CO1. The maximum Gasteiger partial charge on any atom is 0.306 e. The molecule has 2 saturated heterocycles. The van der Waals surface area contributed by atoms with Crippen molar-refractivity contribution in [1.82, 2.24) is 4.90 Å². The first-order valence-corrected chi connectivity index (χ1v) is 7.10. The van der Waals surface area contributed by atoms with Gasteiger partial charge in [-0.3, -0.25) is 9.59 Å². The molecule has 7 heteroatoms. The van der Waals surface area contributed by atoms with Crippen molar-refractivity contribution >= 4 is 19.2 Å². The summed E-state index contributed by atoms with van der Waals surface area (Å²) in [5, 5.41) is 0. The number of carbonyl (C=O) groups excluding carboxylic acids is 2. The molecular weight excluding hydrogens is 233 g/mol. The molecule has 16 heavy (non-hydrogen) atoms. The van der Waals surface area contributed by atoms with Gasteiger partial charge in [0.05, 0.1) is 12.7 Å². The fourth-order valence-electron chi connectivity index (χ4n) is 1.96. The molecule has 0 aromatic heterocycles. The van der Waals surface area contributed by atoms with Crippen molar-refractivity contribution in [3.05, 3.63) is 0 Å². The third kappa shape index (κ3) is 2.28. The number of esters is 1. The third-order valence-corrected chi connectivity index (χ3v) is 5.11. The molecule has 0 N–H and O–H groups in total. The predicted molar refractivity (Wildman–Crippen MR) is 52.8 cm³/mol. The molecule has 0 aromatic rings. The first-order valence-electron chi connectivity index (χ1n) is 5.22. The highest BCUT2D eigenvalue weighted by Crippen LogP contribution is 2.46. The molecule has 0 spiro atoms. The van der Waals surface area contributed by atoms with E-state index in [0.29, 0.717) is 19.4 Å². The highest BCUT2D eigenvalue weighted by atomic mass is 31.2. The minimum atomic E-state index is -3.75. The van der Waals surface area contributed by atoms with Crippen LogP contribution in [0.15, 0.2) is 0 Å². The van der Waals surface area contributed by atoms with Gasteiger partial charge in [-0.15, -0.1) is 0 Å². The second kappa shape index (κ2) is 4.18. The monoisotopic (exact) mass is 246 g/mol. The lowest BCUT2D eigenvalue weighted by Gasteiger charge is -2.32. The van der Waals surface area contributed by atoms with Gasteiger partial charge in [-0.1, -0.05) is 0 Å². The molecule has 2 aliphatic heterocycles. The van der Waals surface area contributed by atoms with E-state index in [1.54, 1.807) is 0 Å². The number of ether oxygens (including phenoxy) is 1. The van der Waals surface area contributed by atoms with E-state index >= 15 is 0 Å². The molecular formula is C9H13NO5P-. The van der Waals surface area contributed by atoms with Gasteiger partial charge in [-0.2, -0.15) is 0 Å². The molecule has 0 aliphatic carbocycles. The van der Waals surface area contributed by atoms with E-state index in [4.69, 9.17) is 0 Å². The molecule has 1 amide bonds. The van der Waals surface area contributed by atoms with Gasteiger partial charge < -0.3 is 19.1 Å². The second-order valence-electron chi connectivity index (χ2n) is 4.17. The Morgan fingerprint density at radius 2 is 2.25 bits per heavy atom. The van der Waals surface area contributed by atoms with E-state index in [9.17, 15) is 19.0 Å². The fraction of sp³-hybridized carbons (Fsp3) is 0.778. The van der Waals surface area contributed by atoms with Crippen molar-refractivity contribution in [2.24, 2.45) is 0 Å². The van der Waals surface area contributed by atoms with Crippen LogP contribution >= 0.6 is 7.37 Å². The Morgan fingerprint density at radius 3 is 2.75 bits per heavy atom. The lowest BCUT2D eigenvalue weighted by Crippen LogP contribution is -2.32. The standard InChI is InChI=1S/C9H14NO5P/c11-8-2-1-3-10(8)6-16(13,14)7-4-9(12)15-5-7/h7H,1-6H2,(H,13,14)/p-1. The molecule has 2 rings (SSSR count). The highest BCUT2D eigenvalue weighted by Gasteiger charge is 2.35. The first-order chi connectivity index (χ1) is 7.49. The van der Waals surface area contributed by atoms with Gasteiger partial charge in [-0.05, 0) is 6.42 Å². The van der Waals surface area contributed by atoms with Crippen molar-refractivity contribution in [1.29, 1.82) is 0 Å². The van der Waals surface area contributed by atoms with Gasteiger partial charge in [0, 0.05) is 26.0 Å². The number of hydrogen-bond acceptors (Lipinski definition) is 5. The normalized spacial score (nSPS) is 29.3. The summed E-state index contributed by atoms with van der Waals surface area (Å²) >= 11 is 0. The van der Waals surface area contributed by atoms with Crippen LogP contribution in [0.25, 0.3) is 0 Å². The number of likely N-dealkylation sites (tertiary alicyclic amines) is 1. The van der Waals surface area contributed by atoms with Crippen molar-refractivity contribution in [3.63, 3.8) is 0 Å². The van der Waals surface area contributed by atoms with E-state index in [0.717, 1.165) is 0 Å². The lowest BCUT2D eigenvalue weighted by atomic mass is 10.4. The minimum absolute atomic E-state index is 0.0678. The average molecular weight is 246 g/mol. The Bertz CT molecular complexity index is 369. The summed E-state index contributed by atoms with van der Waals surface area (Å²) in [5.74, 6) is -0.602. The molecule has 2 heterocycles. The Labute approximate surface area is 93.0 Å². The summed E-state index contributed by atoms with van der Waals surface area (Å²) in [5.41, 5.74) is -0.756. The van der Waals surface area contributed by atoms with E-state index < -0.39 is 19.0 Å². The zero-order valence-corrected chi connectivity index (χ0v) is 9.65. The maximum atomic E-state index is 11.9. The number of cyclic esters (lactones) is 1.